The number of rotatable bonds is 8. The first kappa shape index (κ1) is 20.2. The number of hydrogen-bond donors (Lipinski definition) is 2. The first-order valence-corrected chi connectivity index (χ1v) is 7.62. The molecule has 0 aliphatic heterocycles. The van der Waals surface area contributed by atoms with Gasteiger partial charge in [-0.25, -0.2) is 4.79 Å². The zero-order valence-electron chi connectivity index (χ0n) is 14.7. The summed E-state index contributed by atoms with van der Waals surface area (Å²) in [4.78, 5) is 11.8. The number of carbonyl (C=O) groups excluding carboxylic acids is 1. The van der Waals surface area contributed by atoms with Gasteiger partial charge < -0.3 is 19.9 Å². The Balaban J connectivity index is 4.56. The number of alkyl carbamates (subject to hydrolysis) is 1. The molecule has 2 N–H and O–H groups in total. The molecule has 1 amide bonds. The van der Waals surface area contributed by atoms with E-state index in [9.17, 15) is 9.90 Å². The van der Waals surface area contributed by atoms with Crippen LogP contribution in [0.2, 0.25) is 0 Å². The number of aliphatic hydroxyl groups excluding tert-OH is 1. The van der Waals surface area contributed by atoms with Gasteiger partial charge in [0.25, 0.3) is 0 Å². The fourth-order valence-electron chi connectivity index (χ4n) is 1.88. The highest BCUT2D eigenvalue weighted by Gasteiger charge is 2.31. The molecule has 126 valence electrons. The summed E-state index contributed by atoms with van der Waals surface area (Å²) < 4.78 is 10.7. The van der Waals surface area contributed by atoms with E-state index in [1.54, 1.807) is 7.11 Å². The molecule has 5 nitrogen and oxygen atoms in total. The summed E-state index contributed by atoms with van der Waals surface area (Å²) in [7, 11) is 1.69. The van der Waals surface area contributed by atoms with Crippen molar-refractivity contribution in [3.63, 3.8) is 0 Å². The monoisotopic (exact) mass is 303 g/mol. The standard InChI is InChI=1S/C16H33NO4/c1-8-16(12-18,10-9-15(5,6)20-7)11-17-13(19)21-14(2,3)4/h18H,8-12H2,1-7H3,(H,17,19). The van der Waals surface area contributed by atoms with Crippen LogP contribution in [0.3, 0.4) is 0 Å². The van der Waals surface area contributed by atoms with Gasteiger partial charge in [-0.05, 0) is 53.9 Å². The van der Waals surface area contributed by atoms with Crippen molar-refractivity contribution in [2.24, 2.45) is 5.41 Å². The van der Waals surface area contributed by atoms with Gasteiger partial charge in [0.1, 0.15) is 5.60 Å². The van der Waals surface area contributed by atoms with Crippen molar-refractivity contribution in [1.29, 1.82) is 0 Å². The van der Waals surface area contributed by atoms with Crippen molar-refractivity contribution in [3.05, 3.63) is 0 Å². The summed E-state index contributed by atoms with van der Waals surface area (Å²) in [5.41, 5.74) is -1.09. The lowest BCUT2D eigenvalue weighted by atomic mass is 9.79. The van der Waals surface area contributed by atoms with Crippen molar-refractivity contribution in [1.82, 2.24) is 5.32 Å². The lowest BCUT2D eigenvalue weighted by molar-refractivity contribution is -0.00519. The third kappa shape index (κ3) is 8.27. The number of nitrogens with one attached hydrogen (secondary N) is 1. The van der Waals surface area contributed by atoms with Gasteiger partial charge in [0, 0.05) is 19.1 Å². The summed E-state index contributed by atoms with van der Waals surface area (Å²) in [6.07, 6.45) is 1.92. The molecule has 0 aromatic rings. The summed E-state index contributed by atoms with van der Waals surface area (Å²) in [5, 5.41) is 12.5. The first-order chi connectivity index (χ1) is 9.49. The minimum Gasteiger partial charge on any atom is -0.444 e. The maximum atomic E-state index is 11.8. The molecular formula is C16H33NO4. The van der Waals surface area contributed by atoms with Crippen molar-refractivity contribution >= 4 is 6.09 Å². The average Bonchev–Trinajstić information content (AvgIpc) is 2.38. The van der Waals surface area contributed by atoms with Gasteiger partial charge in [-0.1, -0.05) is 6.92 Å². The second-order valence-corrected chi connectivity index (χ2v) is 7.33. The molecule has 21 heavy (non-hydrogen) atoms. The molecule has 0 spiro atoms. The molecule has 0 aliphatic carbocycles. The van der Waals surface area contributed by atoms with Gasteiger partial charge in [-0.15, -0.1) is 0 Å². The molecule has 0 radical (unpaired) electrons. The molecular weight excluding hydrogens is 270 g/mol. The Labute approximate surface area is 129 Å². The largest absolute Gasteiger partial charge is 0.444 e. The average molecular weight is 303 g/mol. The molecule has 0 fully saturated rings. The highest BCUT2D eigenvalue weighted by atomic mass is 16.6. The van der Waals surface area contributed by atoms with E-state index in [0.717, 1.165) is 19.3 Å². The predicted octanol–water partition coefficient (Wildman–Crippen LogP) is 3.11. The van der Waals surface area contributed by atoms with E-state index < -0.39 is 11.7 Å². The Hall–Kier alpha value is -0.810. The maximum absolute atomic E-state index is 11.8. The van der Waals surface area contributed by atoms with Gasteiger partial charge in [0.2, 0.25) is 0 Å². The zero-order chi connectivity index (χ0) is 16.7. The normalized spacial score (nSPS) is 15.4. The van der Waals surface area contributed by atoms with Crippen LogP contribution in [-0.2, 0) is 9.47 Å². The highest BCUT2D eigenvalue weighted by molar-refractivity contribution is 5.67. The van der Waals surface area contributed by atoms with Gasteiger partial charge in [-0.2, -0.15) is 0 Å². The molecule has 0 rings (SSSR count). The van der Waals surface area contributed by atoms with Crippen molar-refractivity contribution in [3.8, 4) is 0 Å². The topological polar surface area (TPSA) is 67.8 Å². The predicted molar refractivity (Wildman–Crippen MR) is 84.4 cm³/mol. The van der Waals surface area contributed by atoms with Crippen LogP contribution in [0.5, 0.6) is 0 Å². The second-order valence-electron chi connectivity index (χ2n) is 7.33. The molecule has 0 aliphatic rings. The lowest BCUT2D eigenvalue weighted by Gasteiger charge is -2.34. The van der Waals surface area contributed by atoms with Crippen LogP contribution in [0.25, 0.3) is 0 Å². The second kappa shape index (κ2) is 7.99. The van der Waals surface area contributed by atoms with Crippen LogP contribution >= 0.6 is 0 Å². The molecule has 0 saturated carbocycles. The molecule has 5 heteroatoms. The molecule has 0 bridgehead atoms. The van der Waals surface area contributed by atoms with Crippen LogP contribution in [0.1, 0.15) is 60.8 Å². The SMILES string of the molecule is CCC(CO)(CCC(C)(C)OC)CNC(=O)OC(C)(C)C. The summed E-state index contributed by atoms with van der Waals surface area (Å²) in [6.45, 7) is 12.0. The number of amides is 1. The summed E-state index contributed by atoms with van der Waals surface area (Å²) >= 11 is 0. The molecule has 0 aromatic heterocycles. The highest BCUT2D eigenvalue weighted by Crippen LogP contribution is 2.31. The summed E-state index contributed by atoms with van der Waals surface area (Å²) in [6, 6.07) is 0. The number of aliphatic hydroxyl groups is 1. The molecule has 1 unspecified atom stereocenters. The smallest absolute Gasteiger partial charge is 0.407 e. The molecule has 0 heterocycles. The third-order valence-corrected chi connectivity index (χ3v) is 3.90. The Bertz CT molecular complexity index is 317. The molecule has 1 atom stereocenters. The van der Waals surface area contributed by atoms with Crippen molar-refractivity contribution in [2.45, 2.75) is 72.0 Å². The van der Waals surface area contributed by atoms with Gasteiger partial charge in [0.05, 0.1) is 12.2 Å². The maximum Gasteiger partial charge on any atom is 0.407 e. The van der Waals surface area contributed by atoms with E-state index >= 15 is 0 Å². The Kier molecular flexibility index (Phi) is 7.68. The fraction of sp³-hybridized carbons (Fsp3) is 0.938. The first-order valence-electron chi connectivity index (χ1n) is 7.62. The van der Waals surface area contributed by atoms with Gasteiger partial charge >= 0.3 is 6.09 Å². The number of methoxy groups -OCH3 is 1. The van der Waals surface area contributed by atoms with E-state index in [4.69, 9.17) is 9.47 Å². The van der Waals surface area contributed by atoms with E-state index in [-0.39, 0.29) is 17.6 Å². The fourth-order valence-corrected chi connectivity index (χ4v) is 1.88. The van der Waals surface area contributed by atoms with E-state index in [2.05, 4.69) is 5.32 Å². The van der Waals surface area contributed by atoms with Crippen LogP contribution in [-0.4, -0.2) is 42.7 Å². The number of ether oxygens (including phenoxy) is 2. The van der Waals surface area contributed by atoms with Crippen LogP contribution in [0, 0.1) is 5.41 Å². The Morgan fingerprint density at radius 2 is 1.71 bits per heavy atom. The third-order valence-electron chi connectivity index (χ3n) is 3.90. The van der Waals surface area contributed by atoms with Crippen LogP contribution in [0.15, 0.2) is 0 Å². The Morgan fingerprint density at radius 1 is 1.14 bits per heavy atom. The van der Waals surface area contributed by atoms with E-state index in [1.807, 2.05) is 41.5 Å². The van der Waals surface area contributed by atoms with Crippen LogP contribution < -0.4 is 5.32 Å². The number of carbonyl (C=O) groups is 1. The summed E-state index contributed by atoms with van der Waals surface area (Å²) in [5.74, 6) is 0. The number of hydrogen-bond acceptors (Lipinski definition) is 4. The van der Waals surface area contributed by atoms with Crippen LogP contribution in [0.4, 0.5) is 4.79 Å². The zero-order valence-corrected chi connectivity index (χ0v) is 14.7. The molecule has 0 saturated heterocycles. The van der Waals surface area contributed by atoms with E-state index in [1.165, 1.54) is 0 Å². The minimum atomic E-state index is -0.518. The molecule has 0 aromatic carbocycles. The minimum absolute atomic E-state index is 0.0269. The lowest BCUT2D eigenvalue weighted by Crippen LogP contribution is -2.43. The van der Waals surface area contributed by atoms with Crippen molar-refractivity contribution in [2.75, 3.05) is 20.3 Å². The van der Waals surface area contributed by atoms with Crippen molar-refractivity contribution < 1.29 is 19.4 Å². The quantitative estimate of drug-likeness (QED) is 0.723. The van der Waals surface area contributed by atoms with Gasteiger partial charge in [-0.3, -0.25) is 0 Å². The Morgan fingerprint density at radius 3 is 2.10 bits per heavy atom. The van der Waals surface area contributed by atoms with E-state index in [0.29, 0.717) is 6.54 Å². The van der Waals surface area contributed by atoms with Gasteiger partial charge in [0.15, 0.2) is 0 Å².